The van der Waals surface area contributed by atoms with Crippen LogP contribution in [0.4, 0.5) is 18.0 Å². The first-order valence-corrected chi connectivity index (χ1v) is 9.23. The Kier molecular flexibility index (Phi) is 6.43. The molecule has 0 radical (unpaired) electrons. The van der Waals surface area contributed by atoms with E-state index in [0.717, 1.165) is 6.07 Å². The third-order valence-electron chi connectivity index (χ3n) is 4.60. The molecule has 1 heterocycles. The third kappa shape index (κ3) is 4.89. The Bertz CT molecular complexity index is 1000. The zero-order chi connectivity index (χ0) is 21.0. The van der Waals surface area contributed by atoms with Crippen LogP contribution in [0.25, 0.3) is 22.2 Å². The molecule has 0 fully saturated rings. The number of aromatic nitrogens is 1. The summed E-state index contributed by atoms with van der Waals surface area (Å²) >= 11 is 0. The molecule has 0 bridgehead atoms. The molecule has 3 aromatic rings. The number of carbonyl (C=O) groups is 1. The molecule has 3 rings (SSSR count). The van der Waals surface area contributed by atoms with Crippen LogP contribution in [-0.4, -0.2) is 35.4 Å². The van der Waals surface area contributed by atoms with Gasteiger partial charge in [-0.2, -0.15) is 0 Å². The molecule has 0 aliphatic carbocycles. The van der Waals surface area contributed by atoms with Crippen LogP contribution in [-0.2, 0) is 11.2 Å². The summed E-state index contributed by atoms with van der Waals surface area (Å²) in [6, 6.07) is 7.57. The van der Waals surface area contributed by atoms with Gasteiger partial charge >= 0.3 is 6.09 Å². The van der Waals surface area contributed by atoms with E-state index in [1.807, 2.05) is 0 Å². The quantitative estimate of drug-likeness (QED) is 0.548. The highest BCUT2D eigenvalue weighted by atomic mass is 19.1. The van der Waals surface area contributed by atoms with Crippen LogP contribution in [0.5, 0.6) is 0 Å². The highest BCUT2D eigenvalue weighted by Crippen LogP contribution is 2.32. The van der Waals surface area contributed by atoms with Crippen LogP contribution >= 0.6 is 0 Å². The van der Waals surface area contributed by atoms with E-state index in [0.29, 0.717) is 28.6 Å². The first-order chi connectivity index (χ1) is 13.9. The molecule has 1 aromatic heterocycles. The number of aromatic amines is 1. The van der Waals surface area contributed by atoms with E-state index in [4.69, 9.17) is 4.74 Å². The number of nitrogens with one attached hydrogen (secondary N) is 2. The molecule has 1 atom stereocenters. The maximum atomic E-state index is 14.2. The minimum absolute atomic E-state index is 0.0483. The maximum absolute atomic E-state index is 14.2. The molecule has 0 aliphatic rings. The summed E-state index contributed by atoms with van der Waals surface area (Å²) in [5.74, 6) is -1.90. The van der Waals surface area contributed by atoms with Gasteiger partial charge in [-0.3, -0.25) is 0 Å². The first-order valence-electron chi connectivity index (χ1n) is 9.23. The lowest BCUT2D eigenvalue weighted by Gasteiger charge is -2.10. The fraction of sp³-hybridized carbons (Fsp3) is 0.286. The van der Waals surface area contributed by atoms with E-state index in [-0.39, 0.29) is 25.1 Å². The van der Waals surface area contributed by atoms with Crippen molar-refractivity contribution >= 4 is 17.0 Å². The zero-order valence-electron chi connectivity index (χ0n) is 15.8. The Morgan fingerprint density at radius 2 is 1.90 bits per heavy atom. The minimum Gasteiger partial charge on any atom is -0.449 e. The first kappa shape index (κ1) is 20.7. The lowest BCUT2D eigenvalue weighted by atomic mass is 10.0. The average Bonchev–Trinajstić information content (AvgIpc) is 3.05. The van der Waals surface area contributed by atoms with E-state index in [2.05, 4.69) is 10.3 Å². The van der Waals surface area contributed by atoms with Crippen molar-refractivity contribution < 1.29 is 27.8 Å². The Hall–Kier alpha value is -3.00. The van der Waals surface area contributed by atoms with Gasteiger partial charge in [0.15, 0.2) is 0 Å². The highest BCUT2D eigenvalue weighted by Gasteiger charge is 2.18. The molecule has 154 valence electrons. The number of aliphatic hydroxyl groups is 1. The van der Waals surface area contributed by atoms with E-state index >= 15 is 0 Å². The van der Waals surface area contributed by atoms with Crippen LogP contribution in [0.2, 0.25) is 0 Å². The SMILES string of the molecule is CCC(O)CNC(=O)OCCc1c(-c2ccc(F)cc2)[nH]c2c(F)cc(F)cc12. The van der Waals surface area contributed by atoms with Gasteiger partial charge < -0.3 is 20.1 Å². The summed E-state index contributed by atoms with van der Waals surface area (Å²) in [6.07, 6.45) is -0.683. The fourth-order valence-corrected chi connectivity index (χ4v) is 3.04. The summed E-state index contributed by atoms with van der Waals surface area (Å²) in [5.41, 5.74) is 1.76. The molecular formula is C21H21F3N2O3. The molecule has 0 aliphatic heterocycles. The number of hydrogen-bond donors (Lipinski definition) is 3. The number of halogens is 3. The Balaban J connectivity index is 1.84. The van der Waals surface area contributed by atoms with E-state index in [1.165, 1.54) is 30.3 Å². The Labute approximate surface area is 165 Å². The standard InChI is InChI=1S/C21H21F3N2O3/c1-2-15(27)11-25-21(28)29-8-7-16-17-9-14(23)10-18(24)20(17)26-19(16)12-3-5-13(22)6-4-12/h3-6,9-10,15,26-27H,2,7-8,11H2,1H3,(H,25,28). The number of hydrogen-bond acceptors (Lipinski definition) is 3. The van der Waals surface area contributed by atoms with Crippen molar-refractivity contribution in [3.05, 3.63) is 59.4 Å². The number of fused-ring (bicyclic) bond motifs is 1. The molecule has 1 amide bonds. The average molecular weight is 406 g/mol. The number of aliphatic hydroxyl groups excluding tert-OH is 1. The highest BCUT2D eigenvalue weighted by molar-refractivity contribution is 5.91. The number of benzene rings is 2. The van der Waals surface area contributed by atoms with Gasteiger partial charge in [0, 0.05) is 30.1 Å². The lowest BCUT2D eigenvalue weighted by Crippen LogP contribution is -2.32. The van der Waals surface area contributed by atoms with Gasteiger partial charge in [0.25, 0.3) is 0 Å². The molecule has 5 nitrogen and oxygen atoms in total. The molecule has 3 N–H and O–H groups in total. The van der Waals surface area contributed by atoms with Crippen LogP contribution in [0.3, 0.4) is 0 Å². The van der Waals surface area contributed by atoms with Crippen molar-refractivity contribution in [2.75, 3.05) is 13.2 Å². The number of amides is 1. The number of H-pyrrole nitrogens is 1. The molecule has 2 aromatic carbocycles. The van der Waals surface area contributed by atoms with Crippen LogP contribution < -0.4 is 5.32 Å². The Morgan fingerprint density at radius 1 is 1.17 bits per heavy atom. The van der Waals surface area contributed by atoms with Crippen molar-refractivity contribution in [3.63, 3.8) is 0 Å². The van der Waals surface area contributed by atoms with Gasteiger partial charge in [-0.05, 0) is 47.9 Å². The molecular weight excluding hydrogens is 385 g/mol. The summed E-state index contributed by atoms with van der Waals surface area (Å²) in [7, 11) is 0. The van der Waals surface area contributed by atoms with E-state index in [1.54, 1.807) is 6.92 Å². The smallest absolute Gasteiger partial charge is 0.407 e. The maximum Gasteiger partial charge on any atom is 0.407 e. The molecule has 0 saturated carbocycles. The molecule has 0 saturated heterocycles. The predicted molar refractivity (Wildman–Crippen MR) is 103 cm³/mol. The van der Waals surface area contributed by atoms with Gasteiger partial charge in [-0.1, -0.05) is 6.92 Å². The normalized spacial score (nSPS) is 12.2. The second kappa shape index (κ2) is 9.00. The van der Waals surface area contributed by atoms with Crippen molar-refractivity contribution in [1.29, 1.82) is 0 Å². The lowest BCUT2D eigenvalue weighted by molar-refractivity contribution is 0.130. The second-order valence-electron chi connectivity index (χ2n) is 6.62. The number of carbonyl (C=O) groups excluding carboxylic acids is 1. The molecule has 29 heavy (non-hydrogen) atoms. The van der Waals surface area contributed by atoms with Crippen LogP contribution in [0.1, 0.15) is 18.9 Å². The van der Waals surface area contributed by atoms with Crippen molar-refractivity contribution in [2.24, 2.45) is 0 Å². The minimum atomic E-state index is -0.748. The largest absolute Gasteiger partial charge is 0.449 e. The summed E-state index contributed by atoms with van der Waals surface area (Å²) < 4.78 is 46.4. The van der Waals surface area contributed by atoms with Crippen molar-refractivity contribution in [2.45, 2.75) is 25.9 Å². The van der Waals surface area contributed by atoms with Crippen LogP contribution in [0.15, 0.2) is 36.4 Å². The summed E-state index contributed by atoms with van der Waals surface area (Å²) in [5, 5.41) is 12.2. The fourth-order valence-electron chi connectivity index (χ4n) is 3.04. The molecule has 0 spiro atoms. The topological polar surface area (TPSA) is 74.3 Å². The third-order valence-corrected chi connectivity index (χ3v) is 4.60. The zero-order valence-corrected chi connectivity index (χ0v) is 15.8. The van der Waals surface area contributed by atoms with Crippen molar-refractivity contribution in [3.8, 4) is 11.3 Å². The summed E-state index contributed by atoms with van der Waals surface area (Å²) in [6.45, 7) is 1.80. The van der Waals surface area contributed by atoms with E-state index < -0.39 is 29.6 Å². The molecule has 1 unspecified atom stereocenters. The van der Waals surface area contributed by atoms with Gasteiger partial charge in [-0.15, -0.1) is 0 Å². The summed E-state index contributed by atoms with van der Waals surface area (Å²) in [4.78, 5) is 14.7. The van der Waals surface area contributed by atoms with Gasteiger partial charge in [0.1, 0.15) is 17.5 Å². The Morgan fingerprint density at radius 3 is 2.59 bits per heavy atom. The van der Waals surface area contributed by atoms with Gasteiger partial charge in [0.05, 0.1) is 18.2 Å². The number of ether oxygens (including phenoxy) is 1. The van der Waals surface area contributed by atoms with Crippen LogP contribution in [0, 0.1) is 17.5 Å². The molecule has 8 heteroatoms. The number of alkyl carbamates (subject to hydrolysis) is 1. The van der Waals surface area contributed by atoms with Gasteiger partial charge in [0.2, 0.25) is 0 Å². The van der Waals surface area contributed by atoms with E-state index in [9.17, 15) is 23.1 Å². The van der Waals surface area contributed by atoms with Crippen molar-refractivity contribution in [1.82, 2.24) is 10.3 Å². The number of rotatable bonds is 7. The van der Waals surface area contributed by atoms with Gasteiger partial charge in [-0.25, -0.2) is 18.0 Å². The monoisotopic (exact) mass is 406 g/mol. The second-order valence-corrected chi connectivity index (χ2v) is 6.62. The predicted octanol–water partition coefficient (Wildman–Crippen LogP) is 4.29.